The molecule has 0 heterocycles. The molecule has 0 amide bonds. The fourth-order valence-electron chi connectivity index (χ4n) is 3.83. The normalized spacial score (nSPS) is 12.8. The number of rotatable bonds is 14. The molecule has 0 spiro atoms. The minimum atomic E-state index is -4.67. The number of ether oxygens (including phenoxy) is 1. The van der Waals surface area contributed by atoms with Crippen LogP contribution in [0, 0.1) is 0 Å². The minimum absolute atomic E-state index is 0.173. The van der Waals surface area contributed by atoms with E-state index in [2.05, 4.69) is 27.7 Å². The second kappa shape index (κ2) is 13.0. The summed E-state index contributed by atoms with van der Waals surface area (Å²) in [6.07, 6.45) is 12.6. The van der Waals surface area contributed by atoms with E-state index in [9.17, 15) is 14.4 Å². The Morgan fingerprint density at radius 1 is 0.719 bits per heavy atom. The Kier molecular flexibility index (Phi) is 11.8. The second-order valence-electron chi connectivity index (χ2n) is 11.0. The van der Waals surface area contributed by atoms with Gasteiger partial charge < -0.3 is 9.26 Å². The highest BCUT2D eigenvalue weighted by atomic mass is 31.2. The van der Waals surface area contributed by atoms with E-state index in [1.807, 2.05) is 26.8 Å². The molecule has 0 aliphatic carbocycles. The van der Waals surface area contributed by atoms with Crippen molar-refractivity contribution < 1.29 is 23.6 Å². The van der Waals surface area contributed by atoms with Crippen molar-refractivity contribution in [1.29, 1.82) is 0 Å². The highest BCUT2D eigenvalue weighted by Gasteiger charge is 2.29. The van der Waals surface area contributed by atoms with Crippen LogP contribution in [0.25, 0.3) is 0 Å². The molecule has 0 aliphatic heterocycles. The van der Waals surface area contributed by atoms with E-state index in [-0.39, 0.29) is 16.6 Å². The van der Waals surface area contributed by atoms with Crippen LogP contribution in [-0.4, -0.2) is 16.4 Å². The summed E-state index contributed by atoms with van der Waals surface area (Å²) in [6.45, 7) is 15.2. The van der Waals surface area contributed by atoms with Crippen LogP contribution in [0.15, 0.2) is 12.1 Å². The van der Waals surface area contributed by atoms with Gasteiger partial charge in [0.2, 0.25) is 0 Å². The molecule has 0 saturated heterocycles. The molecule has 0 bridgehead atoms. The van der Waals surface area contributed by atoms with Gasteiger partial charge in [0.05, 0.1) is 6.61 Å². The predicted octanol–water partition coefficient (Wildman–Crippen LogP) is 8.05. The number of benzene rings is 1. The van der Waals surface area contributed by atoms with Gasteiger partial charge in [-0.3, -0.25) is 9.79 Å². The lowest BCUT2D eigenvalue weighted by molar-refractivity contribution is 0.276. The van der Waals surface area contributed by atoms with Crippen molar-refractivity contribution in [3.63, 3.8) is 0 Å². The first kappa shape index (κ1) is 29.0. The molecule has 5 nitrogen and oxygen atoms in total. The van der Waals surface area contributed by atoms with E-state index in [1.54, 1.807) is 6.07 Å². The molecule has 186 valence electrons. The Balaban J connectivity index is 2.76. The summed E-state index contributed by atoms with van der Waals surface area (Å²) in [4.78, 5) is 18.8. The fourth-order valence-corrected chi connectivity index (χ4v) is 4.24. The molecular weight excluding hydrogens is 423 g/mol. The lowest BCUT2D eigenvalue weighted by Gasteiger charge is -2.29. The van der Waals surface area contributed by atoms with Crippen LogP contribution in [0.5, 0.6) is 11.5 Å². The molecule has 32 heavy (non-hydrogen) atoms. The Morgan fingerprint density at radius 2 is 1.16 bits per heavy atom. The first-order valence-electron chi connectivity index (χ1n) is 12.3. The molecule has 2 N–H and O–H groups in total. The summed E-state index contributed by atoms with van der Waals surface area (Å²) in [5, 5.41) is 0. The molecular formula is C26H47O5P. The molecule has 0 radical (unpaired) electrons. The summed E-state index contributed by atoms with van der Waals surface area (Å²) >= 11 is 0. The minimum Gasteiger partial charge on any atom is -0.493 e. The first-order valence-corrected chi connectivity index (χ1v) is 13.9. The quantitative estimate of drug-likeness (QED) is 0.212. The van der Waals surface area contributed by atoms with Crippen molar-refractivity contribution in [2.75, 3.05) is 6.61 Å². The smallest absolute Gasteiger partial charge is 0.493 e. The molecule has 0 saturated carbocycles. The molecule has 1 aromatic carbocycles. The van der Waals surface area contributed by atoms with Gasteiger partial charge in [-0.05, 0) is 23.3 Å². The van der Waals surface area contributed by atoms with E-state index in [0.29, 0.717) is 12.4 Å². The molecule has 0 aliphatic rings. The number of hydrogen-bond donors (Lipinski definition) is 2. The second-order valence-corrected chi connectivity index (χ2v) is 12.1. The number of unbranched alkanes of at least 4 members (excludes halogenated alkanes) is 9. The Bertz CT molecular complexity index is 725. The van der Waals surface area contributed by atoms with Gasteiger partial charge in [0, 0.05) is 17.2 Å². The highest BCUT2D eigenvalue weighted by molar-refractivity contribution is 7.46. The standard InChI is InChI=1S/C26H47O5P/c1-8-9-10-11-12-13-14-15-16-17-18-30-23-20-24(31-32(27,28)29)22(26(5,6)7)19-21(23)25(2,3)4/h19-20H,8-18H2,1-7H3,(H2,27,28,29). The molecule has 0 aromatic heterocycles. The third kappa shape index (κ3) is 11.2. The van der Waals surface area contributed by atoms with Gasteiger partial charge in [-0.15, -0.1) is 0 Å². The molecule has 6 heteroatoms. The maximum atomic E-state index is 11.6. The first-order chi connectivity index (χ1) is 14.8. The van der Waals surface area contributed by atoms with Crippen LogP contribution in [0.2, 0.25) is 0 Å². The maximum Gasteiger partial charge on any atom is 0.524 e. The third-order valence-electron chi connectivity index (χ3n) is 5.67. The van der Waals surface area contributed by atoms with E-state index < -0.39 is 7.82 Å². The van der Waals surface area contributed by atoms with Gasteiger partial charge in [-0.25, -0.2) is 4.57 Å². The Labute approximate surface area is 196 Å². The van der Waals surface area contributed by atoms with Gasteiger partial charge >= 0.3 is 7.82 Å². The topological polar surface area (TPSA) is 76.0 Å². The van der Waals surface area contributed by atoms with E-state index in [0.717, 1.165) is 24.0 Å². The van der Waals surface area contributed by atoms with Gasteiger partial charge in [-0.2, -0.15) is 0 Å². The van der Waals surface area contributed by atoms with Gasteiger partial charge in [0.15, 0.2) is 0 Å². The molecule has 0 unspecified atom stereocenters. The van der Waals surface area contributed by atoms with Crippen molar-refractivity contribution in [2.45, 2.75) is 124 Å². The van der Waals surface area contributed by atoms with Crippen LogP contribution in [0.4, 0.5) is 0 Å². The summed E-state index contributed by atoms with van der Waals surface area (Å²) in [5.41, 5.74) is 1.28. The summed E-state index contributed by atoms with van der Waals surface area (Å²) in [7, 11) is -4.67. The van der Waals surface area contributed by atoms with Crippen LogP contribution in [0.1, 0.15) is 124 Å². The molecule has 1 rings (SSSR count). The molecule has 0 atom stereocenters. The highest BCUT2D eigenvalue weighted by Crippen LogP contribution is 2.46. The van der Waals surface area contributed by atoms with Gasteiger partial charge in [0.1, 0.15) is 11.5 Å². The molecule has 1 aromatic rings. The van der Waals surface area contributed by atoms with Crippen molar-refractivity contribution in [2.24, 2.45) is 0 Å². The van der Waals surface area contributed by atoms with Crippen LogP contribution in [0.3, 0.4) is 0 Å². The third-order valence-corrected chi connectivity index (χ3v) is 6.11. The average molecular weight is 471 g/mol. The summed E-state index contributed by atoms with van der Waals surface area (Å²) < 4.78 is 22.8. The SMILES string of the molecule is CCCCCCCCCCCCOc1cc(OP(=O)(O)O)c(C(C)(C)C)cc1C(C)(C)C. The van der Waals surface area contributed by atoms with Gasteiger partial charge in [0.25, 0.3) is 0 Å². The lowest BCUT2D eigenvalue weighted by Crippen LogP contribution is -2.19. The van der Waals surface area contributed by atoms with Crippen LogP contribution in [-0.2, 0) is 15.4 Å². The zero-order chi connectivity index (χ0) is 24.4. The predicted molar refractivity (Wildman–Crippen MR) is 134 cm³/mol. The zero-order valence-corrected chi connectivity index (χ0v) is 22.4. The largest absolute Gasteiger partial charge is 0.524 e. The van der Waals surface area contributed by atoms with Crippen molar-refractivity contribution >= 4 is 7.82 Å². The van der Waals surface area contributed by atoms with E-state index in [1.165, 1.54) is 51.4 Å². The van der Waals surface area contributed by atoms with Gasteiger partial charge in [-0.1, -0.05) is 106 Å². The number of hydrogen-bond acceptors (Lipinski definition) is 3. The fraction of sp³-hybridized carbons (Fsp3) is 0.769. The number of phosphoric acid groups is 1. The van der Waals surface area contributed by atoms with Crippen molar-refractivity contribution in [3.05, 3.63) is 23.3 Å². The van der Waals surface area contributed by atoms with Crippen LogP contribution < -0.4 is 9.26 Å². The average Bonchev–Trinajstić information content (AvgIpc) is 2.63. The number of phosphoric ester groups is 1. The van der Waals surface area contributed by atoms with Crippen LogP contribution >= 0.6 is 7.82 Å². The maximum absolute atomic E-state index is 11.6. The van der Waals surface area contributed by atoms with E-state index >= 15 is 0 Å². The summed E-state index contributed by atoms with van der Waals surface area (Å²) in [5.74, 6) is 0.835. The summed E-state index contributed by atoms with van der Waals surface area (Å²) in [6, 6.07) is 3.65. The van der Waals surface area contributed by atoms with Crippen molar-refractivity contribution in [1.82, 2.24) is 0 Å². The lowest BCUT2D eigenvalue weighted by atomic mass is 9.79. The van der Waals surface area contributed by atoms with Crippen molar-refractivity contribution in [3.8, 4) is 11.5 Å². The Hall–Kier alpha value is -1.03. The zero-order valence-electron chi connectivity index (χ0n) is 21.5. The Morgan fingerprint density at radius 3 is 1.59 bits per heavy atom. The monoisotopic (exact) mass is 470 g/mol. The molecule has 0 fully saturated rings. The van der Waals surface area contributed by atoms with E-state index in [4.69, 9.17) is 9.26 Å².